The van der Waals surface area contributed by atoms with Gasteiger partial charge in [0.05, 0.1) is 11.6 Å². The van der Waals surface area contributed by atoms with Gasteiger partial charge in [-0.25, -0.2) is 0 Å². The van der Waals surface area contributed by atoms with Crippen LogP contribution < -0.4 is 5.73 Å². The Kier molecular flexibility index (Phi) is 2.61. The molecule has 1 amide bonds. The number of primary amides is 1. The summed E-state index contributed by atoms with van der Waals surface area (Å²) in [6.45, 7) is 0. The van der Waals surface area contributed by atoms with Gasteiger partial charge in [-0.1, -0.05) is 6.07 Å². The second kappa shape index (κ2) is 4.13. The van der Waals surface area contributed by atoms with Crippen LogP contribution in [0.25, 0.3) is 0 Å². The van der Waals surface area contributed by atoms with Crippen LogP contribution in [0.1, 0.15) is 54.1 Å². The highest BCUT2D eigenvalue weighted by atomic mass is 16.1. The van der Waals surface area contributed by atoms with Crippen molar-refractivity contribution in [2.45, 2.75) is 50.9 Å². The summed E-state index contributed by atoms with van der Waals surface area (Å²) in [4.78, 5) is 16.2. The normalized spacial score (nSPS) is 22.7. The van der Waals surface area contributed by atoms with Crippen molar-refractivity contribution in [3.05, 3.63) is 28.6 Å². The fourth-order valence-electron chi connectivity index (χ4n) is 3.11. The van der Waals surface area contributed by atoms with Gasteiger partial charge >= 0.3 is 0 Å². The van der Waals surface area contributed by atoms with Crippen LogP contribution in [0, 0.1) is 0 Å². The lowest BCUT2D eigenvalue weighted by Gasteiger charge is -2.25. The molecule has 1 atom stereocenters. The standard InChI is InChI=1S/C14H18N2O/c15-14(17)11-6-3-5-10-8-9-4-1-2-7-12(9)16-13(10)11/h8,11H,1-7H2,(H2,15,17)/t11-/m0/s1. The van der Waals surface area contributed by atoms with Crippen LogP contribution in [0.3, 0.4) is 0 Å². The van der Waals surface area contributed by atoms with E-state index in [4.69, 9.17) is 10.7 Å². The largest absolute Gasteiger partial charge is 0.369 e. The van der Waals surface area contributed by atoms with E-state index in [1.54, 1.807) is 0 Å². The van der Waals surface area contributed by atoms with Crippen molar-refractivity contribution in [3.63, 3.8) is 0 Å². The molecular formula is C14H18N2O. The predicted octanol–water partition coefficient (Wildman–Crippen LogP) is 1.87. The number of amides is 1. The van der Waals surface area contributed by atoms with E-state index in [1.165, 1.54) is 29.7 Å². The number of fused-ring (bicyclic) bond motifs is 2. The molecular weight excluding hydrogens is 212 g/mol. The number of nitrogens with zero attached hydrogens (tertiary/aromatic N) is 1. The molecule has 3 nitrogen and oxygen atoms in total. The highest BCUT2D eigenvalue weighted by Gasteiger charge is 2.27. The lowest BCUT2D eigenvalue weighted by molar-refractivity contribution is -0.119. The van der Waals surface area contributed by atoms with E-state index >= 15 is 0 Å². The number of carbonyl (C=O) groups is 1. The topological polar surface area (TPSA) is 56.0 Å². The molecule has 0 aromatic carbocycles. The number of hydrogen-bond acceptors (Lipinski definition) is 2. The molecule has 1 aromatic heterocycles. The van der Waals surface area contributed by atoms with Crippen LogP contribution in [0.15, 0.2) is 6.07 Å². The smallest absolute Gasteiger partial charge is 0.226 e. The van der Waals surface area contributed by atoms with Gasteiger partial charge < -0.3 is 5.73 Å². The summed E-state index contributed by atoms with van der Waals surface area (Å²) in [5.74, 6) is -0.361. The summed E-state index contributed by atoms with van der Waals surface area (Å²) < 4.78 is 0. The van der Waals surface area contributed by atoms with Crippen LogP contribution in [0.5, 0.6) is 0 Å². The molecule has 3 rings (SSSR count). The number of aryl methyl sites for hydroxylation is 3. The quantitative estimate of drug-likeness (QED) is 0.800. The van der Waals surface area contributed by atoms with E-state index in [9.17, 15) is 4.79 Å². The Labute approximate surface area is 101 Å². The Bertz CT molecular complexity index is 468. The van der Waals surface area contributed by atoms with E-state index in [2.05, 4.69) is 6.07 Å². The highest BCUT2D eigenvalue weighted by Crippen LogP contribution is 2.33. The Hall–Kier alpha value is -1.38. The third kappa shape index (κ3) is 1.84. The maximum Gasteiger partial charge on any atom is 0.226 e. The highest BCUT2D eigenvalue weighted by molar-refractivity contribution is 5.82. The van der Waals surface area contributed by atoms with E-state index in [1.807, 2.05) is 0 Å². The van der Waals surface area contributed by atoms with E-state index < -0.39 is 0 Å². The number of pyridine rings is 1. The van der Waals surface area contributed by atoms with E-state index in [0.29, 0.717) is 0 Å². The lowest BCUT2D eigenvalue weighted by atomic mass is 9.83. The van der Waals surface area contributed by atoms with Crippen LogP contribution in [0.4, 0.5) is 0 Å². The minimum atomic E-state index is -0.214. The molecule has 0 saturated heterocycles. The van der Waals surface area contributed by atoms with Gasteiger partial charge in [0.2, 0.25) is 5.91 Å². The Balaban J connectivity index is 2.07. The summed E-state index contributed by atoms with van der Waals surface area (Å²) in [6.07, 6.45) is 7.69. The lowest BCUT2D eigenvalue weighted by Crippen LogP contribution is -2.27. The summed E-state index contributed by atoms with van der Waals surface area (Å²) >= 11 is 0. The van der Waals surface area contributed by atoms with Gasteiger partial charge in [-0.15, -0.1) is 0 Å². The Morgan fingerprint density at radius 2 is 1.94 bits per heavy atom. The van der Waals surface area contributed by atoms with Crippen molar-refractivity contribution in [1.82, 2.24) is 4.98 Å². The first-order valence-corrected chi connectivity index (χ1v) is 6.56. The summed E-state index contributed by atoms with van der Waals surface area (Å²) in [7, 11) is 0. The molecule has 0 saturated carbocycles. The molecule has 17 heavy (non-hydrogen) atoms. The minimum absolute atomic E-state index is 0.147. The van der Waals surface area contributed by atoms with Crippen molar-refractivity contribution in [2.24, 2.45) is 5.73 Å². The zero-order valence-electron chi connectivity index (χ0n) is 10.0. The maximum atomic E-state index is 11.5. The predicted molar refractivity (Wildman–Crippen MR) is 65.8 cm³/mol. The van der Waals surface area contributed by atoms with Crippen molar-refractivity contribution >= 4 is 5.91 Å². The van der Waals surface area contributed by atoms with Gasteiger partial charge in [0.15, 0.2) is 0 Å². The summed E-state index contributed by atoms with van der Waals surface area (Å²) in [5, 5.41) is 0. The van der Waals surface area contributed by atoms with Crippen molar-refractivity contribution in [3.8, 4) is 0 Å². The molecule has 0 fully saturated rings. The molecule has 90 valence electrons. The fourth-order valence-corrected chi connectivity index (χ4v) is 3.11. The second-order valence-corrected chi connectivity index (χ2v) is 5.19. The number of carbonyl (C=O) groups excluding carboxylic acids is 1. The number of rotatable bonds is 1. The third-order valence-corrected chi connectivity index (χ3v) is 4.03. The van der Waals surface area contributed by atoms with Gasteiger partial charge in [-0.05, 0) is 56.1 Å². The van der Waals surface area contributed by atoms with Gasteiger partial charge in [0.1, 0.15) is 0 Å². The summed E-state index contributed by atoms with van der Waals surface area (Å²) in [6, 6.07) is 2.28. The number of hydrogen-bond donors (Lipinski definition) is 1. The molecule has 1 aromatic rings. The first-order chi connectivity index (χ1) is 8.25. The molecule has 2 N–H and O–H groups in total. The second-order valence-electron chi connectivity index (χ2n) is 5.19. The van der Waals surface area contributed by atoms with Crippen LogP contribution in [-0.2, 0) is 24.1 Å². The van der Waals surface area contributed by atoms with Crippen LogP contribution in [-0.4, -0.2) is 10.9 Å². The molecule has 0 spiro atoms. The average Bonchev–Trinajstić information content (AvgIpc) is 2.35. The number of aromatic nitrogens is 1. The molecule has 2 aliphatic carbocycles. The van der Waals surface area contributed by atoms with Crippen molar-refractivity contribution < 1.29 is 4.79 Å². The number of nitrogens with two attached hydrogens (primary N) is 1. The average molecular weight is 230 g/mol. The minimum Gasteiger partial charge on any atom is -0.369 e. The molecule has 0 aliphatic heterocycles. The molecule has 3 heteroatoms. The van der Waals surface area contributed by atoms with Crippen LogP contribution in [0.2, 0.25) is 0 Å². The van der Waals surface area contributed by atoms with Crippen molar-refractivity contribution in [1.29, 1.82) is 0 Å². The molecule has 0 unspecified atom stereocenters. The van der Waals surface area contributed by atoms with E-state index in [0.717, 1.165) is 37.8 Å². The monoisotopic (exact) mass is 230 g/mol. The molecule has 2 aliphatic rings. The van der Waals surface area contributed by atoms with Gasteiger partial charge in [-0.2, -0.15) is 0 Å². The zero-order valence-corrected chi connectivity index (χ0v) is 10.0. The Morgan fingerprint density at radius 3 is 2.76 bits per heavy atom. The van der Waals surface area contributed by atoms with Gasteiger partial charge in [0.25, 0.3) is 0 Å². The summed E-state index contributed by atoms with van der Waals surface area (Å²) in [5.41, 5.74) is 10.3. The SMILES string of the molecule is NC(=O)[C@H]1CCCc2cc3c(nc21)CCCC3. The van der Waals surface area contributed by atoms with Gasteiger partial charge in [0, 0.05) is 5.69 Å². The molecule has 0 bridgehead atoms. The Morgan fingerprint density at radius 1 is 1.18 bits per heavy atom. The first kappa shape index (κ1) is 10.8. The first-order valence-electron chi connectivity index (χ1n) is 6.56. The zero-order chi connectivity index (χ0) is 11.8. The van der Waals surface area contributed by atoms with Crippen LogP contribution >= 0.6 is 0 Å². The molecule has 1 heterocycles. The van der Waals surface area contributed by atoms with Gasteiger partial charge in [-0.3, -0.25) is 9.78 Å². The maximum absolute atomic E-state index is 11.5. The molecule has 0 radical (unpaired) electrons. The third-order valence-electron chi connectivity index (χ3n) is 4.03. The van der Waals surface area contributed by atoms with Crippen molar-refractivity contribution in [2.75, 3.05) is 0 Å². The fraction of sp³-hybridized carbons (Fsp3) is 0.571. The van der Waals surface area contributed by atoms with E-state index in [-0.39, 0.29) is 11.8 Å².